The Kier molecular flexibility index (Phi) is 15.4. The highest BCUT2D eigenvalue weighted by molar-refractivity contribution is 7.47. The van der Waals surface area contributed by atoms with Crippen LogP contribution in [0.25, 0.3) is 22.3 Å². The van der Waals surface area contributed by atoms with E-state index in [1.807, 2.05) is 0 Å². The van der Waals surface area contributed by atoms with Crippen molar-refractivity contribution in [3.05, 3.63) is 64.5 Å². The fourth-order valence-electron chi connectivity index (χ4n) is 6.43. The summed E-state index contributed by atoms with van der Waals surface area (Å²) in [5.74, 6) is -3.88. The quantitative estimate of drug-likeness (QED) is 0.0268. The molecule has 30 heteroatoms. The molecule has 5 heterocycles. The minimum atomic E-state index is -4.98. The molecule has 354 valence electrons. The summed E-state index contributed by atoms with van der Waals surface area (Å²) < 4.78 is 43.3. The molecule has 3 amide bonds. The Morgan fingerprint density at radius 1 is 1.02 bits per heavy atom. The maximum atomic E-state index is 13.8. The van der Waals surface area contributed by atoms with Gasteiger partial charge in [-0.15, -0.1) is 0 Å². The van der Waals surface area contributed by atoms with Crippen LogP contribution in [0.2, 0.25) is 0 Å². The van der Waals surface area contributed by atoms with E-state index in [1.165, 1.54) is 25.3 Å². The van der Waals surface area contributed by atoms with E-state index in [0.717, 1.165) is 10.9 Å². The zero-order chi connectivity index (χ0) is 47.9. The zero-order valence-corrected chi connectivity index (χ0v) is 35.4. The number of H-pyrrole nitrogens is 1. The average Bonchev–Trinajstić information content (AvgIpc) is 3.81. The van der Waals surface area contributed by atoms with Crippen molar-refractivity contribution in [1.82, 2.24) is 55.4 Å². The number of imidazole rings is 1. The van der Waals surface area contributed by atoms with E-state index in [1.54, 1.807) is 12.1 Å². The predicted octanol–water partition coefficient (Wildman–Crippen LogP) is -2.44. The highest BCUT2D eigenvalue weighted by Gasteiger charge is 2.46. The van der Waals surface area contributed by atoms with Gasteiger partial charge in [0, 0.05) is 30.6 Å². The van der Waals surface area contributed by atoms with E-state index in [0.29, 0.717) is 11.4 Å². The third-order valence-corrected chi connectivity index (χ3v) is 11.0. The lowest BCUT2D eigenvalue weighted by atomic mass is 10.1. The lowest BCUT2D eigenvalue weighted by Crippen LogP contribution is -2.46. The number of phosphoric acid groups is 1. The molecule has 0 saturated carbocycles. The summed E-state index contributed by atoms with van der Waals surface area (Å²) in [6.07, 6.45) is -7.17. The molecule has 14 N–H and O–H groups in total. The third-order valence-electron chi connectivity index (χ3n) is 9.89. The topological polar surface area (TPSA) is 429 Å². The number of phosphoric ester groups is 1. The Morgan fingerprint density at radius 2 is 1.76 bits per heavy atom. The van der Waals surface area contributed by atoms with Crippen molar-refractivity contribution in [3.63, 3.8) is 0 Å². The first kappa shape index (κ1) is 48.6. The first-order valence-electron chi connectivity index (χ1n) is 19.7. The van der Waals surface area contributed by atoms with Crippen LogP contribution < -0.4 is 38.3 Å². The number of aliphatic hydroxyl groups is 3. The van der Waals surface area contributed by atoms with Crippen LogP contribution in [0.1, 0.15) is 48.5 Å². The predicted molar refractivity (Wildman–Crippen MR) is 223 cm³/mol. The monoisotopic (exact) mass is 946 g/mol. The summed E-state index contributed by atoms with van der Waals surface area (Å²) in [5.41, 5.74) is 11.6. The number of anilines is 3. The van der Waals surface area contributed by atoms with Gasteiger partial charge in [0.15, 0.2) is 34.4 Å². The number of ether oxygens (including phenoxy) is 1. The molecule has 0 spiro atoms. The minimum absolute atomic E-state index is 0.00644. The number of carboxylic acids is 1. The second-order valence-electron chi connectivity index (χ2n) is 14.6. The maximum Gasteiger partial charge on any atom is 0.472 e. The van der Waals surface area contributed by atoms with Crippen molar-refractivity contribution in [3.8, 4) is 0 Å². The molecule has 6 rings (SSSR count). The van der Waals surface area contributed by atoms with Gasteiger partial charge in [-0.3, -0.25) is 37.8 Å². The van der Waals surface area contributed by atoms with Gasteiger partial charge in [-0.25, -0.2) is 24.3 Å². The number of nitrogen functional groups attached to an aromatic ring is 2. The summed E-state index contributed by atoms with van der Waals surface area (Å²) in [6, 6.07) is 3.29. The van der Waals surface area contributed by atoms with Crippen molar-refractivity contribution in [2.24, 2.45) is 0 Å². The molecular weight excluding hydrogens is 902 g/mol. The van der Waals surface area contributed by atoms with Gasteiger partial charge < -0.3 is 62.8 Å². The molecule has 8 atom stereocenters. The number of nitrogens with one attached hydrogen (secondary N) is 5. The number of amides is 3. The number of aromatic amines is 1. The number of benzene rings is 1. The average molecular weight is 947 g/mol. The summed E-state index contributed by atoms with van der Waals surface area (Å²) >= 11 is 0. The molecule has 1 aromatic carbocycles. The number of rotatable bonds is 21. The molecule has 0 aliphatic carbocycles. The summed E-state index contributed by atoms with van der Waals surface area (Å²) in [5, 5.41) is 51.0. The van der Waals surface area contributed by atoms with Gasteiger partial charge in [-0.2, -0.15) is 19.3 Å². The minimum Gasteiger partial charge on any atom is -0.480 e. The van der Waals surface area contributed by atoms with Crippen molar-refractivity contribution in [2.75, 3.05) is 36.5 Å². The molecule has 0 bridgehead atoms. The van der Waals surface area contributed by atoms with E-state index in [2.05, 4.69) is 56.2 Å². The fraction of sp³-hybridized carbons (Fsp3) is 0.417. The lowest BCUT2D eigenvalue weighted by molar-refractivity contribution is -0.139. The van der Waals surface area contributed by atoms with Crippen molar-refractivity contribution < 1.29 is 67.2 Å². The summed E-state index contributed by atoms with van der Waals surface area (Å²) in [6.45, 7) is -0.409. The van der Waals surface area contributed by atoms with Crippen LogP contribution in [0.3, 0.4) is 0 Å². The molecule has 66 heavy (non-hydrogen) atoms. The number of hydrogen-bond donors (Lipinski definition) is 12. The van der Waals surface area contributed by atoms with Crippen LogP contribution in [0.4, 0.5) is 21.8 Å². The van der Waals surface area contributed by atoms with Gasteiger partial charge in [-0.05, 0) is 37.6 Å². The van der Waals surface area contributed by atoms with Crippen LogP contribution in [0.15, 0.2) is 41.6 Å². The van der Waals surface area contributed by atoms with E-state index in [4.69, 9.17) is 25.3 Å². The number of fused-ring (bicyclic) bond motifs is 2. The zero-order valence-electron chi connectivity index (χ0n) is 34.5. The molecule has 5 unspecified atom stereocenters. The largest absolute Gasteiger partial charge is 0.480 e. The maximum absolute atomic E-state index is 13.8. The number of aliphatic carboxylic acids is 1. The SMILES string of the molecule is CC(OP(=O)(O)OC[C@H]1O[C@@H](n2cnc3c(N)nc(F)nc32)[C@@H](O)C1O)C(CO)NC(=O)CCNC(=O)CCC(NC(=O)c1ccc(NCc2cnc3nc(N)[nH]c(=O)c3n2)cc1)C(=O)O. The Labute approximate surface area is 370 Å². The van der Waals surface area contributed by atoms with Gasteiger partial charge in [0.25, 0.3) is 11.5 Å². The van der Waals surface area contributed by atoms with Crippen molar-refractivity contribution >= 4 is 71.3 Å². The van der Waals surface area contributed by atoms with Crippen molar-refractivity contribution in [1.29, 1.82) is 0 Å². The van der Waals surface area contributed by atoms with Crippen molar-refractivity contribution in [2.45, 2.75) is 75.5 Å². The Hall–Kier alpha value is -6.85. The second-order valence-corrected chi connectivity index (χ2v) is 16.0. The van der Waals surface area contributed by atoms with Crippen LogP contribution in [0.5, 0.6) is 0 Å². The second kappa shape index (κ2) is 21.0. The van der Waals surface area contributed by atoms with Crippen LogP contribution in [0, 0.1) is 6.08 Å². The standard InChI is InChI=1S/C36H44FN14O14P/c1-15(65-66(61,62)63-13-21-26(55)27(56)33(64-21)51-14-43-24-28(38)47-35(37)49-30(24)51)20(12-52)45-23(54)8-9-40-22(53)7-6-19(34(59)60)46-31(57)16-2-4-17(5-3-16)41-10-18-11-42-29-25(44-18)32(58)50-36(39)48-29/h2-5,11,14-15,19-21,26-27,33,41,52,55-56H,6-10,12-13H2,1H3,(H,40,53)(H,45,54)(H,46,57)(H,59,60)(H,61,62)(H2,38,47,49)(H3,39,42,48,50,58)/t15?,19?,20?,21-,26?,27+,33-/m1/s1. The number of halogens is 1. The summed E-state index contributed by atoms with van der Waals surface area (Å²) in [4.78, 5) is 97.9. The molecule has 1 aliphatic rings. The Balaban J connectivity index is 0.890. The molecule has 4 aromatic heterocycles. The highest BCUT2D eigenvalue weighted by Crippen LogP contribution is 2.46. The summed E-state index contributed by atoms with van der Waals surface area (Å²) in [7, 11) is -4.98. The molecule has 1 fully saturated rings. The molecule has 1 aliphatic heterocycles. The molecule has 0 radical (unpaired) electrons. The van der Waals surface area contributed by atoms with E-state index in [-0.39, 0.29) is 72.0 Å². The first-order valence-corrected chi connectivity index (χ1v) is 21.2. The number of hydrogen-bond acceptors (Lipinski definition) is 21. The molecule has 28 nitrogen and oxygen atoms in total. The smallest absolute Gasteiger partial charge is 0.472 e. The number of nitrogens with two attached hydrogens (primary N) is 2. The third kappa shape index (κ3) is 12.1. The van der Waals surface area contributed by atoms with Gasteiger partial charge in [-0.1, -0.05) is 0 Å². The number of carbonyl (C=O) groups is 4. The van der Waals surface area contributed by atoms with Gasteiger partial charge >= 0.3 is 19.9 Å². The normalized spacial score (nSPS) is 19.4. The van der Waals surface area contributed by atoms with Crippen LogP contribution >= 0.6 is 7.82 Å². The van der Waals surface area contributed by atoms with Gasteiger partial charge in [0.1, 0.15) is 24.4 Å². The number of nitrogens with zero attached hydrogens (tertiary/aromatic N) is 7. The van der Waals surface area contributed by atoms with Crippen LogP contribution in [-0.2, 0) is 39.3 Å². The number of aliphatic hydroxyl groups excluding tert-OH is 3. The van der Waals surface area contributed by atoms with Gasteiger partial charge in [0.2, 0.25) is 17.8 Å². The number of carbonyl (C=O) groups excluding carboxylic acids is 3. The lowest BCUT2D eigenvalue weighted by Gasteiger charge is -2.26. The van der Waals surface area contributed by atoms with Crippen LogP contribution in [-0.4, -0.2) is 145 Å². The molecule has 1 saturated heterocycles. The van der Waals surface area contributed by atoms with E-state index >= 15 is 0 Å². The first-order chi connectivity index (χ1) is 31.3. The Morgan fingerprint density at radius 3 is 2.47 bits per heavy atom. The number of carboxylic acid groups (broad SMARTS) is 1. The molecule has 5 aromatic rings. The highest BCUT2D eigenvalue weighted by atomic mass is 31.2. The van der Waals surface area contributed by atoms with E-state index < -0.39 is 99.1 Å². The Bertz CT molecular complexity index is 2690. The molecular formula is C36H44FN14O14P. The van der Waals surface area contributed by atoms with E-state index in [9.17, 15) is 58.2 Å². The number of aromatic nitrogens is 8. The fourth-order valence-corrected chi connectivity index (χ4v) is 7.40. The van der Waals surface area contributed by atoms with Gasteiger partial charge in [0.05, 0.1) is 50.1 Å².